The van der Waals surface area contributed by atoms with Crippen LogP contribution < -0.4 is 5.32 Å². The van der Waals surface area contributed by atoms with Crippen molar-refractivity contribution in [2.75, 3.05) is 26.0 Å². The molecule has 0 aromatic heterocycles. The second-order valence-corrected chi connectivity index (χ2v) is 11.5. The van der Waals surface area contributed by atoms with Crippen LogP contribution in [0, 0.1) is 0 Å². The van der Waals surface area contributed by atoms with Crippen molar-refractivity contribution in [1.82, 2.24) is 5.32 Å². The number of rotatable bonds is 15. The third-order valence-electron chi connectivity index (χ3n) is 6.24. The number of amides is 1. The summed E-state index contributed by atoms with van der Waals surface area (Å²) in [6, 6.07) is 18.4. The van der Waals surface area contributed by atoms with Crippen LogP contribution in [0.2, 0.25) is 0 Å². The zero-order chi connectivity index (χ0) is 29.0. The minimum atomic E-state index is -3.60. The van der Waals surface area contributed by atoms with Crippen molar-refractivity contribution in [3.05, 3.63) is 71.8 Å². The predicted octanol–water partition coefficient (Wildman–Crippen LogP) is 4.26. The Bertz CT molecular complexity index is 1090. The highest BCUT2D eigenvalue weighted by atomic mass is 31.2. The van der Waals surface area contributed by atoms with Gasteiger partial charge in [0.1, 0.15) is 24.9 Å². The topological polar surface area (TPSA) is 119 Å². The minimum absolute atomic E-state index is 0.128. The van der Waals surface area contributed by atoms with E-state index in [-0.39, 0.29) is 45.1 Å². The van der Waals surface area contributed by atoms with E-state index in [9.17, 15) is 14.2 Å². The fourth-order valence-electron chi connectivity index (χ4n) is 4.60. The average Bonchev–Trinajstić information content (AvgIpc) is 2.92. The molecule has 1 heterocycles. The summed E-state index contributed by atoms with van der Waals surface area (Å²) in [5.41, 5.74) is 1.84. The van der Waals surface area contributed by atoms with E-state index in [1.165, 1.54) is 13.8 Å². The van der Waals surface area contributed by atoms with Gasteiger partial charge in [-0.05, 0) is 25.0 Å². The first-order valence-electron chi connectivity index (χ1n) is 13.5. The van der Waals surface area contributed by atoms with Gasteiger partial charge in [-0.3, -0.25) is 14.2 Å². The first kappa shape index (κ1) is 31.9. The van der Waals surface area contributed by atoms with E-state index in [1.807, 2.05) is 60.7 Å². The molecule has 1 fully saturated rings. The molecule has 0 spiro atoms. The van der Waals surface area contributed by atoms with E-state index in [4.69, 9.17) is 28.0 Å². The molecule has 11 heteroatoms. The molecule has 0 bridgehead atoms. The van der Waals surface area contributed by atoms with Crippen LogP contribution in [0.15, 0.2) is 60.7 Å². The highest BCUT2D eigenvalue weighted by Crippen LogP contribution is 2.50. The molecular formula is C29H40NO9P. The van der Waals surface area contributed by atoms with E-state index in [1.54, 1.807) is 13.8 Å². The highest BCUT2D eigenvalue weighted by molar-refractivity contribution is 7.53. The largest absolute Gasteiger partial charge is 0.463 e. The molecule has 220 valence electrons. The van der Waals surface area contributed by atoms with Crippen LogP contribution in [0.25, 0.3) is 0 Å². The maximum absolute atomic E-state index is 13.6. The number of hydrogen-bond donors (Lipinski definition) is 1. The first-order valence-corrected chi connectivity index (χ1v) is 15.2. The van der Waals surface area contributed by atoms with E-state index < -0.39 is 44.0 Å². The lowest BCUT2D eigenvalue weighted by Crippen LogP contribution is -2.66. The summed E-state index contributed by atoms with van der Waals surface area (Å²) >= 11 is 0. The lowest BCUT2D eigenvalue weighted by Gasteiger charge is -2.46. The molecule has 0 radical (unpaired) electrons. The Hall–Kier alpha value is -2.59. The molecule has 0 saturated carbocycles. The molecule has 40 heavy (non-hydrogen) atoms. The fourth-order valence-corrected chi connectivity index (χ4v) is 6.43. The smallest absolute Gasteiger partial charge is 0.333 e. The fraction of sp³-hybridized carbons (Fsp3) is 0.517. The second-order valence-electron chi connectivity index (χ2n) is 9.39. The van der Waals surface area contributed by atoms with Crippen molar-refractivity contribution in [2.45, 2.75) is 71.4 Å². The number of benzene rings is 2. The molecule has 2 aromatic rings. The zero-order valence-corrected chi connectivity index (χ0v) is 24.4. The Labute approximate surface area is 236 Å². The van der Waals surface area contributed by atoms with Crippen LogP contribution in [0.1, 0.15) is 38.8 Å². The molecule has 0 aliphatic carbocycles. The van der Waals surface area contributed by atoms with Crippen molar-refractivity contribution < 1.29 is 42.1 Å². The standard InChI is InChI=1S/C29H40NO9P/c1-5-37-40(33,38-6-2)20-26-27(30-21(3)31)29(36-18-24-15-11-8-12-16-24)28(25(39-26)19-34-22(4)32)35-17-23-13-9-7-10-14-23/h7-16,25-29H,5-6,17-20H2,1-4H3,(H,30,31)/t25?,26-,27?,28-,29+/m0/s1. The summed E-state index contributed by atoms with van der Waals surface area (Å²) in [4.78, 5) is 24.2. The summed E-state index contributed by atoms with van der Waals surface area (Å²) in [5, 5.41) is 2.93. The molecule has 1 saturated heterocycles. The number of nitrogens with one attached hydrogen (secondary N) is 1. The molecule has 2 unspecified atom stereocenters. The van der Waals surface area contributed by atoms with Gasteiger partial charge in [0.15, 0.2) is 0 Å². The summed E-state index contributed by atoms with van der Waals surface area (Å²) in [6.45, 7) is 6.80. The molecule has 1 aliphatic rings. The molecule has 10 nitrogen and oxygen atoms in total. The number of esters is 1. The lowest BCUT2D eigenvalue weighted by atomic mass is 9.92. The van der Waals surface area contributed by atoms with Gasteiger partial charge in [0.25, 0.3) is 0 Å². The van der Waals surface area contributed by atoms with Gasteiger partial charge < -0.3 is 33.3 Å². The normalized spacial score (nSPS) is 22.9. The Morgan fingerprint density at radius 1 is 0.825 bits per heavy atom. The third kappa shape index (κ3) is 9.80. The second kappa shape index (κ2) is 16.0. The first-order chi connectivity index (χ1) is 19.2. The summed E-state index contributed by atoms with van der Waals surface area (Å²) in [7, 11) is -3.60. The third-order valence-corrected chi connectivity index (χ3v) is 8.35. The van der Waals surface area contributed by atoms with E-state index in [0.29, 0.717) is 0 Å². The van der Waals surface area contributed by atoms with Gasteiger partial charge in [-0.2, -0.15) is 0 Å². The number of carbonyl (C=O) groups excluding carboxylic acids is 2. The summed E-state index contributed by atoms with van der Waals surface area (Å²) in [5.74, 6) is -0.809. The van der Waals surface area contributed by atoms with Crippen LogP contribution in [-0.4, -0.2) is 68.3 Å². The zero-order valence-electron chi connectivity index (χ0n) is 23.5. The number of ether oxygens (including phenoxy) is 4. The Balaban J connectivity index is 1.99. The molecule has 1 N–H and O–H groups in total. The monoisotopic (exact) mass is 577 g/mol. The van der Waals surface area contributed by atoms with E-state index in [0.717, 1.165) is 11.1 Å². The summed E-state index contributed by atoms with van der Waals surface area (Å²) in [6.07, 6.45) is -3.31. The van der Waals surface area contributed by atoms with E-state index >= 15 is 0 Å². The van der Waals surface area contributed by atoms with Crippen LogP contribution in [0.4, 0.5) is 0 Å². The molecule has 1 amide bonds. The SMILES string of the molecule is CCOP(=O)(C[C@@H]1OC(COC(C)=O)[C@H](OCc2ccccc2)[C@H](OCc2ccccc2)C1NC(C)=O)OCC. The number of hydrogen-bond acceptors (Lipinski definition) is 9. The highest BCUT2D eigenvalue weighted by Gasteiger charge is 2.50. The summed E-state index contributed by atoms with van der Waals surface area (Å²) < 4.78 is 49.2. The predicted molar refractivity (Wildman–Crippen MR) is 149 cm³/mol. The Morgan fingerprint density at radius 3 is 1.82 bits per heavy atom. The quantitative estimate of drug-likeness (QED) is 0.245. The van der Waals surface area contributed by atoms with Gasteiger partial charge in [0.05, 0.1) is 44.7 Å². The van der Waals surface area contributed by atoms with Gasteiger partial charge in [0.2, 0.25) is 5.91 Å². The van der Waals surface area contributed by atoms with Crippen LogP contribution in [0.5, 0.6) is 0 Å². The van der Waals surface area contributed by atoms with Gasteiger partial charge in [-0.1, -0.05) is 60.7 Å². The molecule has 1 aliphatic heterocycles. The van der Waals surface area contributed by atoms with Crippen LogP contribution in [-0.2, 0) is 55.4 Å². The van der Waals surface area contributed by atoms with Gasteiger partial charge >= 0.3 is 13.6 Å². The average molecular weight is 578 g/mol. The number of carbonyl (C=O) groups is 2. The van der Waals surface area contributed by atoms with E-state index in [2.05, 4.69) is 5.32 Å². The van der Waals surface area contributed by atoms with Crippen LogP contribution in [0.3, 0.4) is 0 Å². The Kier molecular flexibility index (Phi) is 12.8. The minimum Gasteiger partial charge on any atom is -0.463 e. The molecule has 5 atom stereocenters. The van der Waals surface area contributed by atoms with Crippen molar-refractivity contribution >= 4 is 19.5 Å². The van der Waals surface area contributed by atoms with Gasteiger partial charge in [0, 0.05) is 13.8 Å². The maximum Gasteiger partial charge on any atom is 0.333 e. The van der Waals surface area contributed by atoms with Crippen LogP contribution >= 0.6 is 7.60 Å². The van der Waals surface area contributed by atoms with Crippen molar-refractivity contribution in [3.8, 4) is 0 Å². The Morgan fingerprint density at radius 2 is 1.35 bits per heavy atom. The van der Waals surface area contributed by atoms with Crippen molar-refractivity contribution in [2.24, 2.45) is 0 Å². The molecule has 2 aromatic carbocycles. The molecular weight excluding hydrogens is 537 g/mol. The maximum atomic E-state index is 13.6. The van der Waals surface area contributed by atoms with Crippen molar-refractivity contribution in [1.29, 1.82) is 0 Å². The lowest BCUT2D eigenvalue weighted by molar-refractivity contribution is -0.227. The molecule has 3 rings (SSSR count). The van der Waals surface area contributed by atoms with Gasteiger partial charge in [-0.25, -0.2) is 0 Å². The van der Waals surface area contributed by atoms with Crippen molar-refractivity contribution in [3.63, 3.8) is 0 Å². The van der Waals surface area contributed by atoms with Gasteiger partial charge in [-0.15, -0.1) is 0 Å².